The summed E-state index contributed by atoms with van der Waals surface area (Å²) in [5.74, 6) is 0.973. The molecule has 2 aromatic rings. The second-order valence-electron chi connectivity index (χ2n) is 6.49. The molecule has 0 unspecified atom stereocenters. The number of hydrogen-bond donors (Lipinski definition) is 0. The van der Waals surface area contributed by atoms with Gasteiger partial charge in [0.25, 0.3) is 0 Å². The van der Waals surface area contributed by atoms with Gasteiger partial charge in [-0.2, -0.15) is 0 Å². The molecule has 4 heteroatoms. The first kappa shape index (κ1) is 12.0. The molecule has 0 amide bonds. The summed E-state index contributed by atoms with van der Waals surface area (Å²) in [6.45, 7) is 12.8. The minimum atomic E-state index is -0.0231. The smallest absolute Gasteiger partial charge is 0.183 e. The third-order valence-electron chi connectivity index (χ3n) is 2.71. The van der Waals surface area contributed by atoms with Crippen LogP contribution in [0.2, 0.25) is 0 Å². The Labute approximate surface area is 102 Å². The zero-order chi connectivity index (χ0) is 12.8. The van der Waals surface area contributed by atoms with Gasteiger partial charge < -0.3 is 0 Å². The number of rotatable bonds is 0. The average molecular weight is 232 g/mol. The van der Waals surface area contributed by atoms with Crippen molar-refractivity contribution < 1.29 is 0 Å². The van der Waals surface area contributed by atoms with Gasteiger partial charge in [0.15, 0.2) is 5.65 Å². The molecule has 0 bridgehead atoms. The molecule has 4 nitrogen and oxygen atoms in total. The van der Waals surface area contributed by atoms with E-state index in [2.05, 4.69) is 56.7 Å². The van der Waals surface area contributed by atoms with E-state index in [1.807, 2.05) is 16.8 Å². The molecule has 17 heavy (non-hydrogen) atoms. The van der Waals surface area contributed by atoms with E-state index in [1.165, 1.54) is 0 Å². The summed E-state index contributed by atoms with van der Waals surface area (Å²) in [6.07, 6.45) is 3.76. The van der Waals surface area contributed by atoms with Gasteiger partial charge in [-0.3, -0.25) is 9.38 Å². The fourth-order valence-corrected chi connectivity index (χ4v) is 1.87. The Morgan fingerprint density at radius 2 is 1.59 bits per heavy atom. The van der Waals surface area contributed by atoms with E-state index in [9.17, 15) is 0 Å². The third kappa shape index (κ3) is 2.04. The molecule has 0 aromatic carbocycles. The summed E-state index contributed by atoms with van der Waals surface area (Å²) >= 11 is 0. The lowest BCUT2D eigenvalue weighted by atomic mass is 9.92. The van der Waals surface area contributed by atoms with Crippen LogP contribution in [0.15, 0.2) is 12.4 Å². The van der Waals surface area contributed by atoms with Crippen LogP contribution >= 0.6 is 0 Å². The SMILES string of the molecule is CC(C)(C)c1nccn2c(C(C)(C)C)nnc12. The quantitative estimate of drug-likeness (QED) is 0.701. The Balaban J connectivity index is 2.74. The molecule has 92 valence electrons. The molecule has 0 spiro atoms. The van der Waals surface area contributed by atoms with E-state index in [-0.39, 0.29) is 10.8 Å². The summed E-state index contributed by atoms with van der Waals surface area (Å²) in [7, 11) is 0. The lowest BCUT2D eigenvalue weighted by Crippen LogP contribution is -2.18. The molecule has 0 saturated carbocycles. The zero-order valence-corrected chi connectivity index (χ0v) is 11.4. The van der Waals surface area contributed by atoms with Crippen LogP contribution in [0, 0.1) is 0 Å². The lowest BCUT2D eigenvalue weighted by molar-refractivity contribution is 0.536. The van der Waals surface area contributed by atoms with Gasteiger partial charge in [-0.1, -0.05) is 41.5 Å². The third-order valence-corrected chi connectivity index (χ3v) is 2.71. The lowest BCUT2D eigenvalue weighted by Gasteiger charge is -2.19. The van der Waals surface area contributed by atoms with Gasteiger partial charge in [-0.05, 0) is 0 Å². The topological polar surface area (TPSA) is 43.1 Å². The second kappa shape index (κ2) is 3.52. The summed E-state index contributed by atoms with van der Waals surface area (Å²) in [5.41, 5.74) is 1.81. The molecule has 0 aliphatic rings. The summed E-state index contributed by atoms with van der Waals surface area (Å²) < 4.78 is 2.05. The molecular formula is C13H20N4. The van der Waals surface area contributed by atoms with Gasteiger partial charge in [-0.25, -0.2) is 0 Å². The summed E-state index contributed by atoms with van der Waals surface area (Å²) in [4.78, 5) is 4.45. The van der Waals surface area contributed by atoms with Gasteiger partial charge in [0.05, 0.1) is 5.69 Å². The fourth-order valence-electron chi connectivity index (χ4n) is 1.87. The molecular weight excluding hydrogens is 212 g/mol. The molecule has 2 rings (SSSR count). The maximum Gasteiger partial charge on any atom is 0.183 e. The first-order valence-electron chi connectivity index (χ1n) is 5.92. The predicted octanol–water partition coefficient (Wildman–Crippen LogP) is 2.72. The molecule has 0 N–H and O–H groups in total. The van der Waals surface area contributed by atoms with Crippen molar-refractivity contribution in [2.45, 2.75) is 52.4 Å². The van der Waals surface area contributed by atoms with E-state index in [0.717, 1.165) is 17.2 Å². The largest absolute Gasteiger partial charge is 0.283 e. The van der Waals surface area contributed by atoms with Gasteiger partial charge in [0, 0.05) is 23.2 Å². The van der Waals surface area contributed by atoms with Crippen LogP contribution in [0.4, 0.5) is 0 Å². The molecule has 0 atom stereocenters. The molecule has 0 saturated heterocycles. The van der Waals surface area contributed by atoms with Crippen LogP contribution in [0.25, 0.3) is 5.65 Å². The highest BCUT2D eigenvalue weighted by molar-refractivity contribution is 5.47. The first-order chi connectivity index (χ1) is 7.71. The van der Waals surface area contributed by atoms with Crippen LogP contribution in [-0.2, 0) is 10.8 Å². The van der Waals surface area contributed by atoms with Crippen molar-refractivity contribution in [2.75, 3.05) is 0 Å². The molecule has 0 aliphatic heterocycles. The maximum absolute atomic E-state index is 4.45. The predicted molar refractivity (Wildman–Crippen MR) is 68.2 cm³/mol. The molecule has 0 fully saturated rings. The standard InChI is InChI=1S/C13H20N4/c1-12(2,3)9-10-15-16-11(13(4,5)6)17(10)8-7-14-9/h7-8H,1-6H3. The highest BCUT2D eigenvalue weighted by Crippen LogP contribution is 2.26. The van der Waals surface area contributed by atoms with E-state index < -0.39 is 0 Å². The zero-order valence-electron chi connectivity index (χ0n) is 11.4. The van der Waals surface area contributed by atoms with Crippen LogP contribution in [0.3, 0.4) is 0 Å². The van der Waals surface area contributed by atoms with Crippen LogP contribution in [0.1, 0.15) is 53.1 Å². The fraction of sp³-hybridized carbons (Fsp3) is 0.615. The number of aromatic nitrogens is 4. The number of hydrogen-bond acceptors (Lipinski definition) is 3. The Morgan fingerprint density at radius 1 is 0.941 bits per heavy atom. The maximum atomic E-state index is 4.45. The minimum Gasteiger partial charge on any atom is -0.283 e. The Hall–Kier alpha value is -1.45. The van der Waals surface area contributed by atoms with E-state index in [4.69, 9.17) is 0 Å². The van der Waals surface area contributed by atoms with Crippen LogP contribution in [-0.4, -0.2) is 19.6 Å². The van der Waals surface area contributed by atoms with Crippen molar-refractivity contribution in [2.24, 2.45) is 0 Å². The summed E-state index contributed by atoms with van der Waals surface area (Å²) in [5, 5.41) is 8.62. The van der Waals surface area contributed by atoms with Crippen molar-refractivity contribution in [1.29, 1.82) is 0 Å². The average Bonchev–Trinajstić information content (AvgIpc) is 2.57. The second-order valence-corrected chi connectivity index (χ2v) is 6.49. The highest BCUT2D eigenvalue weighted by Gasteiger charge is 2.25. The number of fused-ring (bicyclic) bond motifs is 1. The highest BCUT2D eigenvalue weighted by atomic mass is 15.3. The van der Waals surface area contributed by atoms with Crippen molar-refractivity contribution in [3.8, 4) is 0 Å². The van der Waals surface area contributed by atoms with Crippen LogP contribution < -0.4 is 0 Å². The molecule has 2 heterocycles. The normalized spacial score (nSPS) is 13.3. The minimum absolute atomic E-state index is 0.0179. The Morgan fingerprint density at radius 3 is 2.12 bits per heavy atom. The van der Waals surface area contributed by atoms with E-state index in [0.29, 0.717) is 0 Å². The summed E-state index contributed by atoms with van der Waals surface area (Å²) in [6, 6.07) is 0. The Bertz CT molecular complexity index is 541. The van der Waals surface area contributed by atoms with E-state index in [1.54, 1.807) is 0 Å². The van der Waals surface area contributed by atoms with Gasteiger partial charge in [0.1, 0.15) is 5.82 Å². The molecule has 0 radical (unpaired) electrons. The van der Waals surface area contributed by atoms with Crippen molar-refractivity contribution in [3.05, 3.63) is 23.9 Å². The van der Waals surface area contributed by atoms with Crippen molar-refractivity contribution >= 4 is 5.65 Å². The van der Waals surface area contributed by atoms with Gasteiger partial charge in [-0.15, -0.1) is 10.2 Å². The molecule has 0 aliphatic carbocycles. The molecule has 2 aromatic heterocycles. The van der Waals surface area contributed by atoms with E-state index >= 15 is 0 Å². The Kier molecular flexibility index (Phi) is 2.49. The van der Waals surface area contributed by atoms with Crippen molar-refractivity contribution in [1.82, 2.24) is 19.6 Å². The van der Waals surface area contributed by atoms with Crippen molar-refractivity contribution in [3.63, 3.8) is 0 Å². The number of nitrogens with zero attached hydrogens (tertiary/aromatic N) is 4. The van der Waals surface area contributed by atoms with Gasteiger partial charge >= 0.3 is 0 Å². The van der Waals surface area contributed by atoms with Gasteiger partial charge in [0.2, 0.25) is 0 Å². The monoisotopic (exact) mass is 232 g/mol. The van der Waals surface area contributed by atoms with Crippen LogP contribution in [0.5, 0.6) is 0 Å². The first-order valence-corrected chi connectivity index (χ1v) is 5.92.